The molecular formula is C14H18BrFN2O3. The average molecular weight is 361 g/mol. The molecule has 2 atom stereocenters. The van der Waals surface area contributed by atoms with Crippen LogP contribution in [-0.4, -0.2) is 56.8 Å². The number of aromatic nitrogens is 1. The summed E-state index contributed by atoms with van der Waals surface area (Å²) >= 11 is 3.43. The Bertz CT molecular complexity index is 485. The lowest BCUT2D eigenvalue weighted by atomic mass is 10.1. The summed E-state index contributed by atoms with van der Waals surface area (Å²) in [6.45, 7) is 3.52. The molecule has 2 aliphatic heterocycles. The van der Waals surface area contributed by atoms with Gasteiger partial charge in [-0.15, -0.1) is 0 Å². The van der Waals surface area contributed by atoms with Crippen LogP contribution < -0.4 is 9.64 Å². The summed E-state index contributed by atoms with van der Waals surface area (Å²) in [6, 6.07) is 1.96. The summed E-state index contributed by atoms with van der Waals surface area (Å²) in [6.07, 6.45) is 0.613. The fourth-order valence-corrected chi connectivity index (χ4v) is 2.82. The highest BCUT2D eigenvalue weighted by molar-refractivity contribution is 9.10. The van der Waals surface area contributed by atoms with Gasteiger partial charge in [0.25, 0.3) is 0 Å². The highest BCUT2D eigenvalue weighted by Crippen LogP contribution is 2.31. The van der Waals surface area contributed by atoms with Crippen molar-refractivity contribution in [1.82, 2.24) is 4.98 Å². The average Bonchev–Trinajstić information content (AvgIpc) is 2.52. The number of rotatable bonds is 3. The molecule has 0 radical (unpaired) electrons. The molecule has 0 spiro atoms. The van der Waals surface area contributed by atoms with Crippen molar-refractivity contribution < 1.29 is 18.6 Å². The maximum Gasteiger partial charge on any atom is 0.238 e. The quantitative estimate of drug-likeness (QED) is 0.826. The molecule has 0 saturated carbocycles. The summed E-state index contributed by atoms with van der Waals surface area (Å²) in [7, 11) is 0. The summed E-state index contributed by atoms with van der Waals surface area (Å²) in [5.74, 6) is 0.481. The Balaban J connectivity index is 1.80. The van der Waals surface area contributed by atoms with E-state index in [9.17, 15) is 4.39 Å². The van der Waals surface area contributed by atoms with Crippen LogP contribution in [-0.2, 0) is 9.47 Å². The first-order valence-corrected chi connectivity index (χ1v) is 7.90. The van der Waals surface area contributed by atoms with E-state index in [2.05, 4.69) is 25.8 Å². The van der Waals surface area contributed by atoms with E-state index in [-0.39, 0.29) is 6.61 Å². The second-order valence-corrected chi connectivity index (χ2v) is 6.03. The van der Waals surface area contributed by atoms with Gasteiger partial charge < -0.3 is 19.1 Å². The molecule has 0 unspecified atom stereocenters. The highest BCUT2D eigenvalue weighted by atomic mass is 79.9. The minimum Gasteiger partial charge on any atom is -0.470 e. The number of morpholine rings is 1. The SMILES string of the molecule is F[C@H]1COCC[C@@H]1Oc1ncc(Br)cc1N1CCOCC1. The molecule has 21 heavy (non-hydrogen) atoms. The molecule has 0 aromatic carbocycles. The van der Waals surface area contributed by atoms with Gasteiger partial charge in [0, 0.05) is 30.2 Å². The lowest BCUT2D eigenvalue weighted by molar-refractivity contribution is -0.0395. The van der Waals surface area contributed by atoms with Crippen molar-refractivity contribution in [2.75, 3.05) is 44.4 Å². The van der Waals surface area contributed by atoms with Crippen LogP contribution in [0.5, 0.6) is 5.88 Å². The molecule has 116 valence electrons. The number of ether oxygens (including phenoxy) is 3. The maximum absolute atomic E-state index is 13.9. The maximum atomic E-state index is 13.9. The number of halogens is 2. The third kappa shape index (κ3) is 3.64. The first-order chi connectivity index (χ1) is 10.2. The van der Waals surface area contributed by atoms with Gasteiger partial charge in [-0.1, -0.05) is 0 Å². The van der Waals surface area contributed by atoms with Crippen LogP contribution in [0.3, 0.4) is 0 Å². The molecule has 0 amide bonds. The first-order valence-electron chi connectivity index (χ1n) is 7.11. The number of hydrogen-bond donors (Lipinski definition) is 0. The van der Waals surface area contributed by atoms with Gasteiger partial charge in [0.15, 0.2) is 6.17 Å². The predicted octanol–water partition coefficient (Wildman–Crippen LogP) is 2.19. The van der Waals surface area contributed by atoms with Gasteiger partial charge in [-0.2, -0.15) is 0 Å². The molecule has 0 N–H and O–H groups in total. The Morgan fingerprint density at radius 1 is 1.29 bits per heavy atom. The molecular weight excluding hydrogens is 343 g/mol. The molecule has 1 aromatic rings. The predicted molar refractivity (Wildman–Crippen MR) is 79.7 cm³/mol. The summed E-state index contributed by atoms with van der Waals surface area (Å²) in [4.78, 5) is 6.48. The Morgan fingerprint density at radius 3 is 2.86 bits per heavy atom. The van der Waals surface area contributed by atoms with Gasteiger partial charge in [0.1, 0.15) is 11.8 Å². The van der Waals surface area contributed by atoms with Crippen molar-refractivity contribution in [3.8, 4) is 5.88 Å². The third-order valence-corrected chi connectivity index (χ3v) is 4.07. The van der Waals surface area contributed by atoms with Crippen molar-refractivity contribution in [1.29, 1.82) is 0 Å². The Labute approximate surface area is 131 Å². The van der Waals surface area contributed by atoms with Crippen molar-refractivity contribution in [2.24, 2.45) is 0 Å². The fraction of sp³-hybridized carbons (Fsp3) is 0.643. The normalized spacial score (nSPS) is 26.7. The largest absolute Gasteiger partial charge is 0.470 e. The molecule has 5 nitrogen and oxygen atoms in total. The Morgan fingerprint density at radius 2 is 2.10 bits per heavy atom. The molecule has 0 aliphatic carbocycles. The number of alkyl halides is 1. The zero-order valence-corrected chi connectivity index (χ0v) is 13.2. The van der Waals surface area contributed by atoms with E-state index in [1.807, 2.05) is 6.07 Å². The molecule has 7 heteroatoms. The van der Waals surface area contributed by atoms with Gasteiger partial charge in [0.05, 0.1) is 26.4 Å². The fourth-order valence-electron chi connectivity index (χ4n) is 2.50. The van der Waals surface area contributed by atoms with Gasteiger partial charge in [-0.25, -0.2) is 9.37 Å². The summed E-state index contributed by atoms with van der Waals surface area (Å²) in [5, 5.41) is 0. The smallest absolute Gasteiger partial charge is 0.238 e. The Hall–Kier alpha value is -0.920. The number of nitrogens with zero attached hydrogens (tertiary/aromatic N) is 2. The number of pyridine rings is 1. The molecule has 3 heterocycles. The zero-order chi connectivity index (χ0) is 14.7. The minimum atomic E-state index is -1.11. The van der Waals surface area contributed by atoms with Crippen molar-refractivity contribution in [3.63, 3.8) is 0 Å². The van der Waals surface area contributed by atoms with E-state index >= 15 is 0 Å². The minimum absolute atomic E-state index is 0.0914. The lowest BCUT2D eigenvalue weighted by Crippen LogP contribution is -2.39. The second kappa shape index (κ2) is 6.89. The van der Waals surface area contributed by atoms with Crippen LogP contribution in [0.25, 0.3) is 0 Å². The summed E-state index contributed by atoms with van der Waals surface area (Å²) < 4.78 is 31.1. The van der Waals surface area contributed by atoms with Crippen molar-refractivity contribution >= 4 is 21.6 Å². The molecule has 1 aromatic heterocycles. The van der Waals surface area contributed by atoms with Crippen LogP contribution in [0.4, 0.5) is 10.1 Å². The lowest BCUT2D eigenvalue weighted by Gasteiger charge is -2.32. The van der Waals surface area contributed by atoms with E-state index in [4.69, 9.17) is 14.2 Å². The van der Waals surface area contributed by atoms with Gasteiger partial charge in [0.2, 0.25) is 5.88 Å². The van der Waals surface area contributed by atoms with E-state index in [0.717, 1.165) is 23.2 Å². The highest BCUT2D eigenvalue weighted by Gasteiger charge is 2.29. The number of anilines is 1. The third-order valence-electron chi connectivity index (χ3n) is 3.64. The summed E-state index contributed by atoms with van der Waals surface area (Å²) in [5.41, 5.74) is 0.881. The van der Waals surface area contributed by atoms with Crippen LogP contribution in [0.2, 0.25) is 0 Å². The molecule has 3 rings (SSSR count). The van der Waals surface area contributed by atoms with Crippen molar-refractivity contribution in [2.45, 2.75) is 18.7 Å². The van der Waals surface area contributed by atoms with E-state index in [1.165, 1.54) is 0 Å². The second-order valence-electron chi connectivity index (χ2n) is 5.11. The first kappa shape index (κ1) is 15.0. The van der Waals surface area contributed by atoms with Gasteiger partial charge >= 0.3 is 0 Å². The van der Waals surface area contributed by atoms with Gasteiger partial charge in [-0.05, 0) is 22.0 Å². The van der Waals surface area contributed by atoms with Crippen molar-refractivity contribution in [3.05, 3.63) is 16.7 Å². The van der Waals surface area contributed by atoms with E-state index in [1.54, 1.807) is 6.20 Å². The van der Waals surface area contributed by atoms with E-state index < -0.39 is 12.3 Å². The standard InChI is InChI=1S/C14H18BrFN2O3/c15-10-7-12(18-2-5-19-6-3-18)14(17-8-10)21-13-1-4-20-9-11(13)16/h7-8,11,13H,1-6,9H2/t11-,13-/m0/s1. The topological polar surface area (TPSA) is 43.8 Å². The van der Waals surface area contributed by atoms with Crippen LogP contribution in [0.15, 0.2) is 16.7 Å². The monoisotopic (exact) mass is 360 g/mol. The van der Waals surface area contributed by atoms with Crippen LogP contribution in [0, 0.1) is 0 Å². The molecule has 0 bridgehead atoms. The number of hydrogen-bond acceptors (Lipinski definition) is 5. The van der Waals surface area contributed by atoms with Gasteiger partial charge in [-0.3, -0.25) is 0 Å². The molecule has 2 saturated heterocycles. The molecule has 2 aliphatic rings. The van der Waals surface area contributed by atoms with E-state index in [0.29, 0.717) is 32.1 Å². The zero-order valence-electron chi connectivity index (χ0n) is 11.6. The van der Waals surface area contributed by atoms with Crippen LogP contribution >= 0.6 is 15.9 Å². The van der Waals surface area contributed by atoms with Crippen LogP contribution in [0.1, 0.15) is 6.42 Å². The Kier molecular flexibility index (Phi) is 4.92. The molecule has 2 fully saturated rings.